The zero-order valence-electron chi connectivity index (χ0n) is 18.4. The number of para-hydroxylation sites is 1. The van der Waals surface area contributed by atoms with Gasteiger partial charge in [0.25, 0.3) is 15.9 Å². The third kappa shape index (κ3) is 6.90. The Morgan fingerprint density at radius 1 is 0.861 bits per heavy atom. The van der Waals surface area contributed by atoms with Crippen LogP contribution in [0.3, 0.4) is 0 Å². The van der Waals surface area contributed by atoms with Crippen LogP contribution >= 0.6 is 0 Å². The highest BCUT2D eigenvalue weighted by atomic mass is 32.2. The van der Waals surface area contributed by atoms with Gasteiger partial charge in [0.15, 0.2) is 6.61 Å². The number of sulfonamides is 1. The molecule has 0 unspecified atom stereocenters. The van der Waals surface area contributed by atoms with E-state index >= 15 is 0 Å². The third-order valence-corrected chi connectivity index (χ3v) is 6.15. The molecule has 3 rings (SSSR count). The normalized spacial score (nSPS) is 12.2. The van der Waals surface area contributed by atoms with Crippen LogP contribution in [-0.4, -0.2) is 20.9 Å². The van der Waals surface area contributed by atoms with Gasteiger partial charge in [-0.05, 0) is 61.0 Å². The lowest BCUT2D eigenvalue weighted by atomic mass is 10.1. The van der Waals surface area contributed by atoms with Crippen LogP contribution in [0.5, 0.6) is 5.75 Å². The van der Waals surface area contributed by atoms with E-state index in [0.717, 1.165) is 0 Å². The van der Waals surface area contributed by atoms with Gasteiger partial charge in [-0.3, -0.25) is 9.52 Å². The fraction of sp³-hybridized carbons (Fsp3) is 0.174. The number of nitrogens with one attached hydrogen (secondary N) is 2. The van der Waals surface area contributed by atoms with Crippen LogP contribution in [0.2, 0.25) is 0 Å². The Morgan fingerprint density at radius 3 is 1.94 bits per heavy atom. The predicted octanol–water partition coefficient (Wildman–Crippen LogP) is 5.85. The maximum Gasteiger partial charge on any atom is 0.416 e. The minimum absolute atomic E-state index is 0.0417. The van der Waals surface area contributed by atoms with Gasteiger partial charge >= 0.3 is 12.4 Å². The molecule has 0 spiro atoms. The van der Waals surface area contributed by atoms with Crippen LogP contribution in [0.15, 0.2) is 71.6 Å². The summed E-state index contributed by atoms with van der Waals surface area (Å²) in [6.07, 6.45) is -10.1. The molecular weight excluding hydrogens is 514 g/mol. The molecule has 3 aromatic rings. The summed E-state index contributed by atoms with van der Waals surface area (Å²) in [5, 5.41) is 1.94. The quantitative estimate of drug-likeness (QED) is 0.374. The summed E-state index contributed by atoms with van der Waals surface area (Å²) in [7, 11) is -3.93. The molecule has 0 heterocycles. The Labute approximate surface area is 201 Å². The summed E-state index contributed by atoms with van der Waals surface area (Å²) in [4.78, 5) is 12.0. The van der Waals surface area contributed by atoms with E-state index in [0.29, 0.717) is 23.4 Å². The number of amides is 1. The highest BCUT2D eigenvalue weighted by Gasteiger charge is 2.37. The fourth-order valence-electron chi connectivity index (χ4n) is 2.98. The van der Waals surface area contributed by atoms with Crippen LogP contribution in [0.25, 0.3) is 0 Å². The topological polar surface area (TPSA) is 84.5 Å². The Balaban J connectivity index is 1.66. The molecule has 0 aromatic heterocycles. The van der Waals surface area contributed by atoms with Gasteiger partial charge in [-0.25, -0.2) is 8.42 Å². The van der Waals surface area contributed by atoms with E-state index < -0.39 is 51.7 Å². The molecule has 0 aliphatic carbocycles. The van der Waals surface area contributed by atoms with Gasteiger partial charge in [-0.2, -0.15) is 26.3 Å². The lowest BCUT2D eigenvalue weighted by Crippen LogP contribution is -2.21. The molecule has 0 aliphatic rings. The second kappa shape index (κ2) is 10.1. The first kappa shape index (κ1) is 26.9. The molecular formula is C23H18F6N2O4S. The molecule has 192 valence electrons. The van der Waals surface area contributed by atoms with Gasteiger partial charge in [-0.1, -0.05) is 18.2 Å². The molecule has 13 heteroatoms. The van der Waals surface area contributed by atoms with Crippen LogP contribution in [0, 0.1) is 6.92 Å². The molecule has 0 bridgehead atoms. The summed E-state index contributed by atoms with van der Waals surface area (Å²) in [5.74, 6) is -0.986. The zero-order valence-corrected chi connectivity index (χ0v) is 19.2. The molecule has 3 aromatic carbocycles. The lowest BCUT2D eigenvalue weighted by molar-refractivity contribution is -0.143. The van der Waals surface area contributed by atoms with Crippen molar-refractivity contribution in [1.82, 2.24) is 0 Å². The minimum Gasteiger partial charge on any atom is -0.484 e. The van der Waals surface area contributed by atoms with Crippen molar-refractivity contribution >= 4 is 27.3 Å². The molecule has 0 aliphatic heterocycles. The number of hydrogen-bond donors (Lipinski definition) is 2. The van der Waals surface area contributed by atoms with Crippen LogP contribution < -0.4 is 14.8 Å². The first-order valence-electron chi connectivity index (χ1n) is 10.1. The predicted molar refractivity (Wildman–Crippen MR) is 119 cm³/mol. The number of carbonyl (C=O) groups is 1. The maximum atomic E-state index is 12.9. The second-order valence-corrected chi connectivity index (χ2v) is 9.21. The monoisotopic (exact) mass is 532 g/mol. The number of anilines is 2. The van der Waals surface area contributed by atoms with E-state index in [1.807, 2.05) is 5.32 Å². The van der Waals surface area contributed by atoms with E-state index in [4.69, 9.17) is 4.74 Å². The number of benzene rings is 3. The first-order valence-corrected chi connectivity index (χ1v) is 11.5. The van der Waals surface area contributed by atoms with Crippen molar-refractivity contribution in [2.45, 2.75) is 24.2 Å². The largest absolute Gasteiger partial charge is 0.484 e. The Morgan fingerprint density at radius 2 is 1.42 bits per heavy atom. The van der Waals surface area contributed by atoms with Crippen molar-refractivity contribution in [3.63, 3.8) is 0 Å². The van der Waals surface area contributed by atoms with Gasteiger partial charge in [0.2, 0.25) is 0 Å². The highest BCUT2D eigenvalue weighted by molar-refractivity contribution is 7.92. The molecule has 1 amide bonds. The molecule has 0 saturated carbocycles. The van der Waals surface area contributed by atoms with E-state index in [1.165, 1.54) is 24.3 Å². The molecule has 6 nitrogen and oxygen atoms in total. The van der Waals surface area contributed by atoms with E-state index in [2.05, 4.69) is 4.72 Å². The summed E-state index contributed by atoms with van der Waals surface area (Å²) >= 11 is 0. The van der Waals surface area contributed by atoms with Crippen molar-refractivity contribution in [2.24, 2.45) is 0 Å². The second-order valence-electron chi connectivity index (χ2n) is 7.52. The Kier molecular flexibility index (Phi) is 7.53. The van der Waals surface area contributed by atoms with Crippen LogP contribution in [0.4, 0.5) is 37.7 Å². The zero-order chi connectivity index (χ0) is 26.7. The summed E-state index contributed by atoms with van der Waals surface area (Å²) in [6, 6.07) is 12.3. The Hall–Kier alpha value is -3.74. The standard InChI is InChI=1S/C23H18F6N2O4S/c1-14-4-2-3-5-20(14)31-36(33,34)19-8-6-18(7-9-19)35-13-21(32)30-17-11-15(22(24,25)26)10-16(12-17)23(27,28)29/h2-12,31H,13H2,1H3,(H,30,32). The molecule has 0 fully saturated rings. The van der Waals surface area contributed by atoms with Crippen molar-refractivity contribution in [3.05, 3.63) is 83.4 Å². The van der Waals surface area contributed by atoms with Crippen molar-refractivity contribution in [1.29, 1.82) is 0 Å². The third-order valence-electron chi connectivity index (χ3n) is 4.76. The molecule has 0 atom stereocenters. The average Bonchev–Trinajstić information content (AvgIpc) is 2.78. The fourth-order valence-corrected chi connectivity index (χ4v) is 4.11. The molecule has 0 saturated heterocycles. The number of hydrogen-bond acceptors (Lipinski definition) is 4. The van der Waals surface area contributed by atoms with E-state index in [-0.39, 0.29) is 16.7 Å². The van der Waals surface area contributed by atoms with Gasteiger partial charge in [0.1, 0.15) is 5.75 Å². The molecule has 36 heavy (non-hydrogen) atoms. The average molecular weight is 532 g/mol. The van der Waals surface area contributed by atoms with Gasteiger partial charge < -0.3 is 10.1 Å². The van der Waals surface area contributed by atoms with Gasteiger partial charge in [-0.15, -0.1) is 0 Å². The van der Waals surface area contributed by atoms with E-state index in [9.17, 15) is 39.6 Å². The number of aryl methyl sites for hydroxylation is 1. The summed E-state index contributed by atoms with van der Waals surface area (Å²) in [6.45, 7) is 0.967. The number of halogens is 6. The number of rotatable bonds is 7. The van der Waals surface area contributed by atoms with Crippen molar-refractivity contribution in [3.8, 4) is 5.75 Å². The highest BCUT2D eigenvalue weighted by Crippen LogP contribution is 2.37. The minimum atomic E-state index is -5.06. The molecule has 0 radical (unpaired) electrons. The maximum absolute atomic E-state index is 12.9. The van der Waals surface area contributed by atoms with Gasteiger partial charge in [0.05, 0.1) is 21.7 Å². The lowest BCUT2D eigenvalue weighted by Gasteiger charge is -2.15. The first-order chi connectivity index (χ1) is 16.6. The van der Waals surface area contributed by atoms with Crippen LogP contribution in [0.1, 0.15) is 16.7 Å². The van der Waals surface area contributed by atoms with Crippen molar-refractivity contribution in [2.75, 3.05) is 16.6 Å². The van der Waals surface area contributed by atoms with Gasteiger partial charge in [0, 0.05) is 5.69 Å². The number of alkyl halides is 6. The summed E-state index contributed by atoms with van der Waals surface area (Å²) < 4.78 is 110. The van der Waals surface area contributed by atoms with Crippen LogP contribution in [-0.2, 0) is 27.2 Å². The Bertz CT molecular complexity index is 1320. The summed E-state index contributed by atoms with van der Waals surface area (Å²) in [5.41, 5.74) is -2.78. The smallest absolute Gasteiger partial charge is 0.416 e. The van der Waals surface area contributed by atoms with Crippen molar-refractivity contribution < 1.29 is 44.3 Å². The SMILES string of the molecule is Cc1ccccc1NS(=O)(=O)c1ccc(OCC(=O)Nc2cc(C(F)(F)F)cc(C(F)(F)F)c2)cc1. The number of carbonyl (C=O) groups excluding carboxylic acids is 1. The number of ether oxygens (including phenoxy) is 1. The molecule has 2 N–H and O–H groups in total. The van der Waals surface area contributed by atoms with E-state index in [1.54, 1.807) is 31.2 Å².